The van der Waals surface area contributed by atoms with Gasteiger partial charge in [0.05, 0.1) is 18.8 Å². The maximum absolute atomic E-state index is 11.0. The topological polar surface area (TPSA) is 81.2 Å². The van der Waals surface area contributed by atoms with E-state index in [0.29, 0.717) is 5.89 Å². The number of hydrogen-bond donors (Lipinski definition) is 2. The van der Waals surface area contributed by atoms with Crippen molar-refractivity contribution in [3.63, 3.8) is 0 Å². The van der Waals surface area contributed by atoms with Crippen molar-refractivity contribution < 1.29 is 9.21 Å². The second-order valence-electron chi connectivity index (χ2n) is 2.87. The number of aromatic nitrogens is 1. The van der Waals surface area contributed by atoms with Crippen LogP contribution in [0.3, 0.4) is 0 Å². The normalized spacial score (nSPS) is 12.5. The van der Waals surface area contributed by atoms with E-state index in [1.165, 1.54) is 0 Å². The Kier molecular flexibility index (Phi) is 3.02. The van der Waals surface area contributed by atoms with E-state index < -0.39 is 6.04 Å². The van der Waals surface area contributed by atoms with Crippen molar-refractivity contribution in [1.82, 2.24) is 10.3 Å². The smallest absolute Gasteiger partial charge is 0.237 e. The third-order valence-corrected chi connectivity index (χ3v) is 1.50. The lowest BCUT2D eigenvalue weighted by atomic mass is 10.3. The SMILES string of the molecule is Cc1cnc(CNC(=O)[C@@H](C)N)o1. The molecule has 0 radical (unpaired) electrons. The molecule has 0 aliphatic carbocycles. The van der Waals surface area contributed by atoms with Crippen molar-refractivity contribution in [2.24, 2.45) is 5.73 Å². The lowest BCUT2D eigenvalue weighted by Gasteiger charge is -2.04. The molecule has 5 nitrogen and oxygen atoms in total. The van der Waals surface area contributed by atoms with E-state index in [4.69, 9.17) is 10.2 Å². The molecule has 1 aromatic rings. The van der Waals surface area contributed by atoms with Crippen molar-refractivity contribution in [1.29, 1.82) is 0 Å². The molecule has 1 heterocycles. The molecule has 0 saturated heterocycles. The zero-order chi connectivity index (χ0) is 9.84. The third-order valence-electron chi connectivity index (χ3n) is 1.50. The molecular weight excluding hydrogens is 170 g/mol. The quantitative estimate of drug-likeness (QED) is 0.688. The van der Waals surface area contributed by atoms with E-state index in [1.807, 2.05) is 0 Å². The lowest BCUT2D eigenvalue weighted by molar-refractivity contribution is -0.122. The number of carbonyl (C=O) groups excluding carboxylic acids is 1. The van der Waals surface area contributed by atoms with Crippen LogP contribution >= 0.6 is 0 Å². The Hall–Kier alpha value is -1.36. The summed E-state index contributed by atoms with van der Waals surface area (Å²) in [6, 6.07) is -0.504. The Morgan fingerprint density at radius 2 is 2.54 bits per heavy atom. The van der Waals surface area contributed by atoms with Crippen LogP contribution < -0.4 is 11.1 Å². The Morgan fingerprint density at radius 3 is 3.00 bits per heavy atom. The first-order chi connectivity index (χ1) is 6.09. The summed E-state index contributed by atoms with van der Waals surface area (Å²) in [5.41, 5.74) is 5.34. The van der Waals surface area contributed by atoms with Crippen LogP contribution in [0.4, 0.5) is 0 Å². The van der Waals surface area contributed by atoms with E-state index >= 15 is 0 Å². The van der Waals surface area contributed by atoms with Crippen LogP contribution in [-0.4, -0.2) is 16.9 Å². The van der Waals surface area contributed by atoms with Crippen molar-refractivity contribution in [3.8, 4) is 0 Å². The Labute approximate surface area is 76.3 Å². The predicted octanol–water partition coefficient (Wildman–Crippen LogP) is -0.0536. The molecule has 1 amide bonds. The fourth-order valence-corrected chi connectivity index (χ4v) is 0.807. The number of rotatable bonds is 3. The van der Waals surface area contributed by atoms with Gasteiger partial charge in [0, 0.05) is 0 Å². The maximum atomic E-state index is 11.0. The molecule has 1 atom stereocenters. The van der Waals surface area contributed by atoms with Gasteiger partial charge in [-0.2, -0.15) is 0 Å². The third kappa shape index (κ3) is 2.87. The average molecular weight is 183 g/mol. The summed E-state index contributed by atoms with van der Waals surface area (Å²) < 4.78 is 5.15. The molecular formula is C8H13N3O2. The van der Waals surface area contributed by atoms with Crippen LogP contribution in [0.2, 0.25) is 0 Å². The Bertz CT molecular complexity index is 293. The van der Waals surface area contributed by atoms with Crippen LogP contribution in [0, 0.1) is 6.92 Å². The average Bonchev–Trinajstić information content (AvgIpc) is 2.47. The summed E-state index contributed by atoms with van der Waals surface area (Å²) in [6.07, 6.45) is 1.60. The van der Waals surface area contributed by atoms with Gasteiger partial charge in [0.2, 0.25) is 11.8 Å². The molecule has 0 fully saturated rings. The largest absolute Gasteiger partial charge is 0.444 e. The van der Waals surface area contributed by atoms with Gasteiger partial charge < -0.3 is 15.5 Å². The molecule has 0 aromatic carbocycles. The van der Waals surface area contributed by atoms with Gasteiger partial charge in [-0.05, 0) is 13.8 Å². The first kappa shape index (κ1) is 9.73. The number of hydrogen-bond acceptors (Lipinski definition) is 4. The second kappa shape index (κ2) is 4.04. The number of oxazole rings is 1. The monoisotopic (exact) mass is 183 g/mol. The number of carbonyl (C=O) groups is 1. The molecule has 0 aliphatic heterocycles. The standard InChI is InChI=1S/C8H13N3O2/c1-5-3-10-7(13-5)4-11-8(12)6(2)9/h3,6H,4,9H2,1-2H3,(H,11,12)/t6-/m1/s1. The van der Waals surface area contributed by atoms with Crippen LogP contribution in [0.15, 0.2) is 10.6 Å². The van der Waals surface area contributed by atoms with Gasteiger partial charge in [-0.25, -0.2) is 4.98 Å². The highest BCUT2D eigenvalue weighted by Crippen LogP contribution is 2.00. The van der Waals surface area contributed by atoms with E-state index in [0.717, 1.165) is 5.76 Å². The van der Waals surface area contributed by atoms with Crippen molar-refractivity contribution in [2.75, 3.05) is 0 Å². The predicted molar refractivity (Wildman–Crippen MR) is 46.7 cm³/mol. The lowest BCUT2D eigenvalue weighted by Crippen LogP contribution is -2.37. The van der Waals surface area contributed by atoms with Crippen molar-refractivity contribution in [3.05, 3.63) is 17.8 Å². The van der Waals surface area contributed by atoms with E-state index in [1.54, 1.807) is 20.0 Å². The van der Waals surface area contributed by atoms with Gasteiger partial charge in [0.15, 0.2) is 0 Å². The highest BCUT2D eigenvalue weighted by atomic mass is 16.4. The highest BCUT2D eigenvalue weighted by Gasteiger charge is 2.07. The Morgan fingerprint density at radius 1 is 1.85 bits per heavy atom. The molecule has 13 heavy (non-hydrogen) atoms. The maximum Gasteiger partial charge on any atom is 0.237 e. The fraction of sp³-hybridized carbons (Fsp3) is 0.500. The molecule has 0 bridgehead atoms. The minimum absolute atomic E-state index is 0.212. The summed E-state index contributed by atoms with van der Waals surface area (Å²) in [6.45, 7) is 3.70. The highest BCUT2D eigenvalue weighted by molar-refractivity contribution is 5.80. The molecule has 3 N–H and O–H groups in total. The van der Waals surface area contributed by atoms with Crippen molar-refractivity contribution >= 4 is 5.91 Å². The molecule has 1 rings (SSSR count). The number of aryl methyl sites for hydroxylation is 1. The summed E-state index contributed by atoms with van der Waals surface area (Å²) in [5.74, 6) is 1.01. The van der Waals surface area contributed by atoms with Crippen LogP contribution in [0.5, 0.6) is 0 Å². The van der Waals surface area contributed by atoms with Gasteiger partial charge in [-0.3, -0.25) is 4.79 Å². The minimum Gasteiger partial charge on any atom is -0.444 e. The summed E-state index contributed by atoms with van der Waals surface area (Å²) in [7, 11) is 0. The van der Waals surface area contributed by atoms with Gasteiger partial charge in [0.1, 0.15) is 5.76 Å². The number of nitrogens with zero attached hydrogens (tertiary/aromatic N) is 1. The zero-order valence-electron chi connectivity index (χ0n) is 7.70. The summed E-state index contributed by atoms with van der Waals surface area (Å²) in [4.78, 5) is 14.9. The van der Waals surface area contributed by atoms with E-state index in [2.05, 4.69) is 10.3 Å². The zero-order valence-corrected chi connectivity index (χ0v) is 7.70. The first-order valence-corrected chi connectivity index (χ1v) is 4.04. The summed E-state index contributed by atoms with van der Waals surface area (Å²) >= 11 is 0. The van der Waals surface area contributed by atoms with Crippen LogP contribution in [0.1, 0.15) is 18.6 Å². The molecule has 0 aliphatic rings. The minimum atomic E-state index is -0.504. The van der Waals surface area contributed by atoms with E-state index in [-0.39, 0.29) is 12.5 Å². The molecule has 0 spiro atoms. The van der Waals surface area contributed by atoms with Crippen LogP contribution in [0.25, 0.3) is 0 Å². The van der Waals surface area contributed by atoms with Gasteiger partial charge >= 0.3 is 0 Å². The summed E-state index contributed by atoms with van der Waals surface area (Å²) in [5, 5.41) is 2.59. The Balaban J connectivity index is 2.39. The molecule has 1 aromatic heterocycles. The molecule has 5 heteroatoms. The number of nitrogens with one attached hydrogen (secondary N) is 1. The number of amides is 1. The second-order valence-corrected chi connectivity index (χ2v) is 2.87. The molecule has 0 unspecified atom stereocenters. The van der Waals surface area contributed by atoms with Gasteiger partial charge in [-0.1, -0.05) is 0 Å². The van der Waals surface area contributed by atoms with E-state index in [9.17, 15) is 4.79 Å². The molecule has 72 valence electrons. The van der Waals surface area contributed by atoms with Gasteiger partial charge in [-0.15, -0.1) is 0 Å². The molecule has 0 saturated carbocycles. The van der Waals surface area contributed by atoms with Crippen LogP contribution in [-0.2, 0) is 11.3 Å². The first-order valence-electron chi connectivity index (χ1n) is 4.04. The fourth-order valence-electron chi connectivity index (χ4n) is 0.807. The number of nitrogens with two attached hydrogens (primary N) is 1. The van der Waals surface area contributed by atoms with Gasteiger partial charge in [0.25, 0.3) is 0 Å². The van der Waals surface area contributed by atoms with Crippen molar-refractivity contribution in [2.45, 2.75) is 26.4 Å².